The summed E-state index contributed by atoms with van der Waals surface area (Å²) in [4.78, 5) is 12.8. The van der Waals surface area contributed by atoms with Crippen molar-refractivity contribution in [2.24, 2.45) is 0 Å². The van der Waals surface area contributed by atoms with Gasteiger partial charge in [-0.25, -0.2) is 27.7 Å². The Morgan fingerprint density at radius 1 is 1.00 bits per heavy atom. The lowest BCUT2D eigenvalue weighted by Gasteiger charge is -2.31. The standard InChI is InChI=1S/C29H29F3N6O/c1-39-29-7-2-20(16-34-29)19-8-11-36(12-9-19)13-10-23-17-33-27-5-6-28(35-38(23)27)37-18-22(31)15-26(37)24-14-21(30)3-4-25(24)32/h2-7,10,13-14,16-17,19,22,26H,8-9,11-12,15,18H2,1H3/b13-10+/t22-,26+/m0/s1. The second-order valence-electron chi connectivity index (χ2n) is 10.1. The van der Waals surface area contributed by atoms with Crippen LogP contribution >= 0.6 is 0 Å². The van der Waals surface area contributed by atoms with Gasteiger partial charge in [-0.1, -0.05) is 6.07 Å². The zero-order valence-corrected chi connectivity index (χ0v) is 21.6. The quantitative estimate of drug-likeness (QED) is 0.323. The van der Waals surface area contributed by atoms with Crippen molar-refractivity contribution in [3.8, 4) is 5.88 Å². The van der Waals surface area contributed by atoms with E-state index in [9.17, 15) is 13.2 Å². The highest BCUT2D eigenvalue weighted by atomic mass is 19.1. The van der Waals surface area contributed by atoms with Gasteiger partial charge in [-0.2, -0.15) is 0 Å². The smallest absolute Gasteiger partial charge is 0.212 e. The Labute approximate surface area is 224 Å². The predicted octanol–water partition coefficient (Wildman–Crippen LogP) is 5.55. The third-order valence-corrected chi connectivity index (χ3v) is 7.66. The molecule has 1 aromatic carbocycles. The number of anilines is 1. The van der Waals surface area contributed by atoms with Gasteiger partial charge in [0.25, 0.3) is 0 Å². The number of likely N-dealkylation sites (tertiary alicyclic amines) is 1. The van der Waals surface area contributed by atoms with Crippen molar-refractivity contribution in [2.75, 3.05) is 31.6 Å². The van der Waals surface area contributed by atoms with E-state index < -0.39 is 23.8 Å². The molecule has 10 heteroatoms. The fourth-order valence-corrected chi connectivity index (χ4v) is 5.57. The molecular weight excluding hydrogens is 505 g/mol. The van der Waals surface area contributed by atoms with E-state index in [0.717, 1.165) is 49.8 Å². The van der Waals surface area contributed by atoms with E-state index in [1.54, 1.807) is 34.9 Å². The molecule has 0 unspecified atom stereocenters. The summed E-state index contributed by atoms with van der Waals surface area (Å²) in [5.41, 5.74) is 2.79. The van der Waals surface area contributed by atoms with E-state index in [1.807, 2.05) is 18.3 Å². The minimum Gasteiger partial charge on any atom is -0.481 e. The minimum absolute atomic E-state index is 0.0532. The number of alkyl halides is 1. The number of methoxy groups -OCH3 is 1. The fourth-order valence-electron chi connectivity index (χ4n) is 5.57. The molecule has 6 rings (SSSR count). The normalized spacial score (nSPS) is 20.4. The van der Waals surface area contributed by atoms with Crippen LogP contribution < -0.4 is 9.64 Å². The van der Waals surface area contributed by atoms with Crippen molar-refractivity contribution in [3.63, 3.8) is 0 Å². The van der Waals surface area contributed by atoms with E-state index in [0.29, 0.717) is 23.3 Å². The maximum Gasteiger partial charge on any atom is 0.212 e. The first kappa shape index (κ1) is 25.2. The molecule has 3 aromatic heterocycles. The number of nitrogens with zero attached hydrogens (tertiary/aromatic N) is 6. The van der Waals surface area contributed by atoms with Crippen molar-refractivity contribution in [1.29, 1.82) is 0 Å². The summed E-state index contributed by atoms with van der Waals surface area (Å²) in [5.74, 6) is 0.458. The van der Waals surface area contributed by atoms with Crippen LogP contribution in [0.25, 0.3) is 11.7 Å². The third kappa shape index (κ3) is 5.15. The number of hydrogen-bond donors (Lipinski definition) is 0. The molecule has 5 heterocycles. The van der Waals surface area contributed by atoms with Crippen LogP contribution in [0.1, 0.15) is 48.0 Å². The van der Waals surface area contributed by atoms with Gasteiger partial charge in [-0.3, -0.25) is 0 Å². The number of fused-ring (bicyclic) bond motifs is 1. The van der Waals surface area contributed by atoms with Gasteiger partial charge in [0, 0.05) is 43.5 Å². The molecular formula is C29H29F3N6O. The Morgan fingerprint density at radius 3 is 2.62 bits per heavy atom. The van der Waals surface area contributed by atoms with E-state index in [4.69, 9.17) is 9.84 Å². The first-order valence-corrected chi connectivity index (χ1v) is 13.1. The number of pyridine rings is 1. The molecule has 2 fully saturated rings. The summed E-state index contributed by atoms with van der Waals surface area (Å²) in [5, 5.41) is 4.72. The van der Waals surface area contributed by atoms with Crippen LogP contribution in [-0.4, -0.2) is 57.4 Å². The molecule has 0 N–H and O–H groups in total. The summed E-state index contributed by atoms with van der Waals surface area (Å²) in [7, 11) is 1.61. The second-order valence-corrected chi connectivity index (χ2v) is 10.1. The van der Waals surface area contributed by atoms with Crippen molar-refractivity contribution in [1.82, 2.24) is 24.5 Å². The molecule has 202 valence electrons. The highest BCUT2D eigenvalue weighted by Gasteiger charge is 2.36. The lowest BCUT2D eigenvalue weighted by atomic mass is 9.91. The Bertz CT molecular complexity index is 1480. The summed E-state index contributed by atoms with van der Waals surface area (Å²) < 4.78 is 49.8. The number of ether oxygens (including phenoxy) is 1. The Balaban J connectivity index is 1.18. The van der Waals surface area contributed by atoms with Gasteiger partial charge in [0.2, 0.25) is 5.88 Å². The van der Waals surface area contributed by atoms with Crippen molar-refractivity contribution in [2.45, 2.75) is 37.4 Å². The molecule has 2 saturated heterocycles. The Kier molecular flexibility index (Phi) is 6.85. The molecule has 2 atom stereocenters. The van der Waals surface area contributed by atoms with Gasteiger partial charge in [-0.05, 0) is 60.7 Å². The van der Waals surface area contributed by atoms with Gasteiger partial charge < -0.3 is 14.5 Å². The molecule has 2 aliphatic rings. The van der Waals surface area contributed by atoms with Gasteiger partial charge in [0.15, 0.2) is 5.65 Å². The van der Waals surface area contributed by atoms with E-state index in [2.05, 4.69) is 27.1 Å². The van der Waals surface area contributed by atoms with Gasteiger partial charge in [0.1, 0.15) is 23.6 Å². The third-order valence-electron chi connectivity index (χ3n) is 7.66. The van der Waals surface area contributed by atoms with Crippen LogP contribution in [0.5, 0.6) is 5.88 Å². The largest absolute Gasteiger partial charge is 0.481 e. The molecule has 0 amide bonds. The molecule has 0 aliphatic carbocycles. The fraction of sp³-hybridized carbons (Fsp3) is 0.345. The molecule has 0 saturated carbocycles. The van der Waals surface area contributed by atoms with Crippen LogP contribution in [0.2, 0.25) is 0 Å². The SMILES string of the molecule is COc1ccc(C2CCN(/C=C/c3cnc4ccc(N5C[C@@H](F)C[C@@H]5c5cc(F)ccc5F)nn34)CC2)cn1. The van der Waals surface area contributed by atoms with Crippen LogP contribution in [0.3, 0.4) is 0 Å². The highest BCUT2D eigenvalue weighted by Crippen LogP contribution is 2.38. The van der Waals surface area contributed by atoms with Crippen LogP contribution in [-0.2, 0) is 0 Å². The van der Waals surface area contributed by atoms with Crippen LogP contribution in [0, 0.1) is 11.6 Å². The Morgan fingerprint density at radius 2 is 1.85 bits per heavy atom. The zero-order valence-electron chi connectivity index (χ0n) is 21.6. The molecule has 4 aromatic rings. The summed E-state index contributed by atoms with van der Waals surface area (Å²) in [6.45, 7) is 1.88. The lowest BCUT2D eigenvalue weighted by molar-refractivity contribution is 0.285. The van der Waals surface area contributed by atoms with Crippen molar-refractivity contribution < 1.29 is 17.9 Å². The maximum absolute atomic E-state index is 14.6. The first-order chi connectivity index (χ1) is 19.0. The van der Waals surface area contributed by atoms with Gasteiger partial charge >= 0.3 is 0 Å². The molecule has 0 radical (unpaired) electrons. The topological polar surface area (TPSA) is 58.8 Å². The van der Waals surface area contributed by atoms with Crippen LogP contribution in [0.15, 0.2) is 61.1 Å². The zero-order chi connectivity index (χ0) is 26.9. The second kappa shape index (κ2) is 10.6. The highest BCUT2D eigenvalue weighted by molar-refractivity contribution is 5.55. The van der Waals surface area contributed by atoms with E-state index in [-0.39, 0.29) is 18.5 Å². The van der Waals surface area contributed by atoms with Crippen molar-refractivity contribution in [3.05, 3.63) is 89.5 Å². The number of halogens is 3. The number of benzene rings is 1. The Hall–Kier alpha value is -4.08. The van der Waals surface area contributed by atoms with E-state index >= 15 is 0 Å². The van der Waals surface area contributed by atoms with Gasteiger partial charge in [0.05, 0.1) is 31.6 Å². The first-order valence-electron chi connectivity index (χ1n) is 13.1. The summed E-state index contributed by atoms with van der Waals surface area (Å²) >= 11 is 0. The number of hydrogen-bond acceptors (Lipinski definition) is 6. The lowest BCUT2D eigenvalue weighted by Crippen LogP contribution is -2.28. The number of aromatic nitrogens is 4. The maximum atomic E-state index is 14.6. The number of imidazole rings is 1. The van der Waals surface area contributed by atoms with E-state index in [1.165, 1.54) is 5.56 Å². The van der Waals surface area contributed by atoms with Crippen molar-refractivity contribution >= 4 is 17.5 Å². The number of rotatable bonds is 6. The molecule has 7 nitrogen and oxygen atoms in total. The molecule has 39 heavy (non-hydrogen) atoms. The molecule has 0 bridgehead atoms. The predicted molar refractivity (Wildman–Crippen MR) is 142 cm³/mol. The number of piperidine rings is 1. The monoisotopic (exact) mass is 534 g/mol. The average molecular weight is 535 g/mol. The molecule has 0 spiro atoms. The summed E-state index contributed by atoms with van der Waals surface area (Å²) in [6, 6.07) is 10.2. The van der Waals surface area contributed by atoms with Crippen LogP contribution in [0.4, 0.5) is 19.0 Å². The van der Waals surface area contributed by atoms with Gasteiger partial charge in [-0.15, -0.1) is 5.10 Å². The average Bonchev–Trinajstić information content (AvgIpc) is 3.56. The minimum atomic E-state index is -1.17. The molecule has 2 aliphatic heterocycles. The summed E-state index contributed by atoms with van der Waals surface area (Å²) in [6.07, 6.45) is 8.60.